The third-order valence-corrected chi connectivity index (χ3v) is 7.10. The molecule has 12 heteroatoms. The van der Waals surface area contributed by atoms with Gasteiger partial charge in [0.05, 0.1) is 12.6 Å². The summed E-state index contributed by atoms with van der Waals surface area (Å²) in [5.74, 6) is -3.62. The number of aliphatic hydroxyl groups is 1. The largest absolute Gasteiger partial charge is 0.508 e. The van der Waals surface area contributed by atoms with E-state index in [0.29, 0.717) is 17.5 Å². The number of amides is 3. The number of carbonyl (C=O) groups is 4. The minimum atomic E-state index is -1.58. The van der Waals surface area contributed by atoms with Gasteiger partial charge in [-0.2, -0.15) is 0 Å². The van der Waals surface area contributed by atoms with Gasteiger partial charge >= 0.3 is 5.97 Å². The van der Waals surface area contributed by atoms with Crippen LogP contribution < -0.4 is 21.7 Å². The highest BCUT2D eigenvalue weighted by atomic mass is 16.4. The van der Waals surface area contributed by atoms with Crippen LogP contribution in [0, 0.1) is 5.92 Å². The SMILES string of the molecule is CCC(C)C(N)C(=O)NC(Cc1ccc(O)cc1)C(=O)NC(Cc1c[nH]c2ccccc12)C(=O)NC(CO)C(=O)O. The van der Waals surface area contributed by atoms with E-state index in [9.17, 15) is 34.5 Å². The van der Waals surface area contributed by atoms with Gasteiger partial charge in [-0.05, 0) is 35.2 Å². The number of nitrogens with one attached hydrogen (secondary N) is 4. The number of phenolic OH excluding ortho intramolecular Hbond substituents is 1. The van der Waals surface area contributed by atoms with Crippen LogP contribution in [0.2, 0.25) is 0 Å². The summed E-state index contributed by atoms with van der Waals surface area (Å²) in [4.78, 5) is 54.4. The van der Waals surface area contributed by atoms with Gasteiger partial charge in [0.1, 0.15) is 23.9 Å². The molecule has 2 aromatic carbocycles. The van der Waals surface area contributed by atoms with E-state index in [1.807, 2.05) is 38.1 Å². The lowest BCUT2D eigenvalue weighted by Gasteiger charge is -2.26. The van der Waals surface area contributed by atoms with Crippen LogP contribution >= 0.6 is 0 Å². The Morgan fingerprint density at radius 3 is 2.07 bits per heavy atom. The molecule has 0 aliphatic carbocycles. The van der Waals surface area contributed by atoms with Gasteiger partial charge in [-0.1, -0.05) is 50.6 Å². The van der Waals surface area contributed by atoms with E-state index in [1.54, 1.807) is 18.3 Å². The molecule has 5 unspecified atom stereocenters. The van der Waals surface area contributed by atoms with Crippen LogP contribution in [0.4, 0.5) is 0 Å². The van der Waals surface area contributed by atoms with Gasteiger partial charge in [0, 0.05) is 29.9 Å². The number of aliphatic carboxylic acids is 1. The number of benzene rings is 2. The fourth-order valence-electron chi connectivity index (χ4n) is 4.32. The van der Waals surface area contributed by atoms with Gasteiger partial charge in [-0.3, -0.25) is 14.4 Å². The van der Waals surface area contributed by atoms with Crippen molar-refractivity contribution in [3.63, 3.8) is 0 Å². The fourth-order valence-corrected chi connectivity index (χ4v) is 4.32. The Hall–Kier alpha value is -4.42. The zero-order chi connectivity index (χ0) is 30.1. The number of hydrogen-bond donors (Lipinski definition) is 8. The van der Waals surface area contributed by atoms with E-state index in [1.165, 1.54) is 12.1 Å². The first-order valence-corrected chi connectivity index (χ1v) is 13.4. The van der Waals surface area contributed by atoms with Gasteiger partial charge in [0.25, 0.3) is 0 Å². The Morgan fingerprint density at radius 1 is 0.878 bits per heavy atom. The van der Waals surface area contributed by atoms with Crippen LogP contribution in [0.3, 0.4) is 0 Å². The lowest BCUT2D eigenvalue weighted by molar-refractivity contribution is -0.143. The normalized spacial score (nSPS) is 14.8. The lowest BCUT2D eigenvalue weighted by atomic mass is 9.98. The minimum Gasteiger partial charge on any atom is -0.508 e. The summed E-state index contributed by atoms with van der Waals surface area (Å²) in [5, 5.41) is 36.8. The second-order valence-electron chi connectivity index (χ2n) is 10.0. The lowest BCUT2D eigenvalue weighted by Crippen LogP contribution is -2.58. The highest BCUT2D eigenvalue weighted by Crippen LogP contribution is 2.20. The molecular formula is C29H37N5O7. The Labute approximate surface area is 237 Å². The fraction of sp³-hybridized carbons (Fsp3) is 0.379. The van der Waals surface area contributed by atoms with E-state index in [4.69, 9.17) is 5.73 Å². The summed E-state index contributed by atoms with van der Waals surface area (Å²) in [6, 6.07) is 8.61. The third-order valence-electron chi connectivity index (χ3n) is 7.10. The number of fused-ring (bicyclic) bond motifs is 1. The predicted molar refractivity (Wildman–Crippen MR) is 152 cm³/mol. The highest BCUT2D eigenvalue weighted by molar-refractivity contribution is 5.95. The molecule has 0 radical (unpaired) electrons. The summed E-state index contributed by atoms with van der Waals surface area (Å²) >= 11 is 0. The smallest absolute Gasteiger partial charge is 0.328 e. The molecule has 9 N–H and O–H groups in total. The van der Waals surface area contributed by atoms with Crippen LogP contribution in [-0.4, -0.2) is 74.8 Å². The molecule has 0 spiro atoms. The van der Waals surface area contributed by atoms with Crippen molar-refractivity contribution >= 4 is 34.6 Å². The second kappa shape index (κ2) is 14.3. The van der Waals surface area contributed by atoms with Crippen LogP contribution in [0.15, 0.2) is 54.7 Å². The summed E-state index contributed by atoms with van der Waals surface area (Å²) in [6.45, 7) is 2.87. The zero-order valence-electron chi connectivity index (χ0n) is 23.0. The van der Waals surface area contributed by atoms with Crippen molar-refractivity contribution in [1.82, 2.24) is 20.9 Å². The molecule has 3 amide bonds. The van der Waals surface area contributed by atoms with Crippen molar-refractivity contribution in [2.24, 2.45) is 11.7 Å². The van der Waals surface area contributed by atoms with Crippen molar-refractivity contribution < 1.29 is 34.5 Å². The summed E-state index contributed by atoms with van der Waals surface area (Å²) in [7, 11) is 0. The van der Waals surface area contributed by atoms with Crippen LogP contribution in [0.5, 0.6) is 5.75 Å². The van der Waals surface area contributed by atoms with Gasteiger partial charge in [-0.25, -0.2) is 4.79 Å². The van der Waals surface area contributed by atoms with Crippen LogP contribution in [0.1, 0.15) is 31.4 Å². The Morgan fingerprint density at radius 2 is 1.46 bits per heavy atom. The standard InChI is InChI=1S/C29H37N5O7/c1-3-16(2)25(30)28(39)33-22(12-17-8-10-19(36)11-9-17)26(37)32-23(27(38)34-24(15-35)29(40)41)13-18-14-31-21-7-5-4-6-20(18)21/h4-11,14,16,22-25,31,35-36H,3,12-13,15,30H2,1-2H3,(H,32,37)(H,33,39)(H,34,38)(H,40,41). The number of aromatic amines is 1. The van der Waals surface area contributed by atoms with Crippen molar-refractivity contribution in [2.45, 2.75) is 57.3 Å². The molecule has 3 rings (SSSR count). The van der Waals surface area contributed by atoms with Gasteiger partial charge in [0.2, 0.25) is 17.7 Å². The summed E-state index contributed by atoms with van der Waals surface area (Å²) in [5.41, 5.74) is 8.23. The first-order valence-electron chi connectivity index (χ1n) is 13.4. The maximum absolute atomic E-state index is 13.6. The van der Waals surface area contributed by atoms with Crippen molar-refractivity contribution in [1.29, 1.82) is 0 Å². The number of aromatic hydroxyl groups is 1. The Kier molecular flexibility index (Phi) is 10.8. The first-order chi connectivity index (χ1) is 19.5. The number of nitrogens with two attached hydrogens (primary N) is 1. The van der Waals surface area contributed by atoms with E-state index in [0.717, 1.165) is 10.9 Å². The molecule has 0 aliphatic rings. The maximum Gasteiger partial charge on any atom is 0.328 e. The number of aromatic nitrogens is 1. The molecule has 1 heterocycles. The first kappa shape index (κ1) is 31.1. The number of rotatable bonds is 14. The van der Waals surface area contributed by atoms with Gasteiger partial charge < -0.3 is 42.0 Å². The maximum atomic E-state index is 13.6. The number of phenols is 1. The summed E-state index contributed by atoms with van der Waals surface area (Å²) in [6.07, 6.45) is 2.36. The molecule has 220 valence electrons. The number of aliphatic hydroxyl groups excluding tert-OH is 1. The number of para-hydroxylation sites is 1. The highest BCUT2D eigenvalue weighted by Gasteiger charge is 2.31. The molecular weight excluding hydrogens is 530 g/mol. The molecule has 0 saturated carbocycles. The van der Waals surface area contributed by atoms with Crippen molar-refractivity contribution in [2.75, 3.05) is 6.61 Å². The molecule has 0 bridgehead atoms. The molecule has 0 saturated heterocycles. The molecule has 0 aliphatic heterocycles. The topological polar surface area (TPSA) is 207 Å². The van der Waals surface area contributed by atoms with E-state index >= 15 is 0 Å². The Balaban J connectivity index is 1.90. The minimum absolute atomic E-state index is 0.00832. The number of carboxylic acid groups (broad SMARTS) is 1. The second-order valence-corrected chi connectivity index (χ2v) is 10.0. The molecule has 1 aromatic heterocycles. The molecule has 41 heavy (non-hydrogen) atoms. The Bertz CT molecular complexity index is 1360. The quantitative estimate of drug-likeness (QED) is 0.138. The van der Waals surface area contributed by atoms with Crippen molar-refractivity contribution in [3.05, 3.63) is 65.9 Å². The molecule has 12 nitrogen and oxygen atoms in total. The van der Waals surface area contributed by atoms with E-state index in [-0.39, 0.29) is 24.5 Å². The summed E-state index contributed by atoms with van der Waals surface area (Å²) < 4.78 is 0. The van der Waals surface area contributed by atoms with E-state index in [2.05, 4.69) is 20.9 Å². The average molecular weight is 568 g/mol. The monoisotopic (exact) mass is 567 g/mol. The van der Waals surface area contributed by atoms with Gasteiger partial charge in [0.15, 0.2) is 0 Å². The molecule has 0 fully saturated rings. The van der Waals surface area contributed by atoms with Crippen LogP contribution in [-0.2, 0) is 32.0 Å². The third kappa shape index (κ3) is 8.29. The molecule has 5 atom stereocenters. The zero-order valence-corrected chi connectivity index (χ0v) is 23.0. The number of carboxylic acids is 1. The average Bonchev–Trinajstić information content (AvgIpc) is 3.37. The number of carbonyl (C=O) groups excluding carboxylic acids is 3. The van der Waals surface area contributed by atoms with Gasteiger partial charge in [-0.15, -0.1) is 0 Å². The number of hydrogen-bond acceptors (Lipinski definition) is 7. The van der Waals surface area contributed by atoms with Crippen molar-refractivity contribution in [3.8, 4) is 5.75 Å². The van der Waals surface area contributed by atoms with E-state index < -0.39 is 54.5 Å². The van der Waals surface area contributed by atoms with Crippen LogP contribution in [0.25, 0.3) is 10.9 Å². The number of H-pyrrole nitrogens is 1. The molecule has 3 aromatic rings. The predicted octanol–water partition coefficient (Wildman–Crippen LogP) is 0.563.